The number of rotatable bonds is 7. The number of carbonyl (C=O) groups is 2. The molecule has 0 saturated carbocycles. The molecule has 0 aliphatic rings. The lowest BCUT2D eigenvalue weighted by Crippen LogP contribution is -2.31. The zero-order chi connectivity index (χ0) is 19.1. The van der Waals surface area contributed by atoms with Crippen molar-refractivity contribution in [3.8, 4) is 5.75 Å². The minimum Gasteiger partial charge on any atom is -0.491 e. The molecular weight excluding hydrogens is 398 g/mol. The molecule has 2 aromatic carbocycles. The number of esters is 1. The van der Waals surface area contributed by atoms with E-state index >= 15 is 0 Å². The molecule has 0 heterocycles. The number of carbonyl (C=O) groups excluding carboxylic acids is 2. The van der Waals surface area contributed by atoms with Gasteiger partial charge in [-0.2, -0.15) is 0 Å². The number of hydrogen-bond donors (Lipinski definition) is 1. The van der Waals surface area contributed by atoms with Gasteiger partial charge in [-0.1, -0.05) is 28.1 Å². The number of nitrogens with one attached hydrogen (secondary N) is 1. The van der Waals surface area contributed by atoms with Crippen molar-refractivity contribution < 1.29 is 19.1 Å². The minimum atomic E-state index is -0.549. The lowest BCUT2D eigenvalue weighted by atomic mass is 10.1. The molecule has 1 N–H and O–H groups in total. The molecule has 2 rings (SSSR count). The summed E-state index contributed by atoms with van der Waals surface area (Å²) in [4.78, 5) is 24.0. The van der Waals surface area contributed by atoms with Gasteiger partial charge < -0.3 is 14.8 Å². The average molecular weight is 420 g/mol. The van der Waals surface area contributed by atoms with Gasteiger partial charge >= 0.3 is 5.97 Å². The van der Waals surface area contributed by atoms with E-state index in [2.05, 4.69) is 21.2 Å². The van der Waals surface area contributed by atoms with Crippen LogP contribution in [-0.4, -0.2) is 24.6 Å². The van der Waals surface area contributed by atoms with Gasteiger partial charge in [0.15, 0.2) is 6.61 Å². The van der Waals surface area contributed by atoms with Gasteiger partial charge in [0.25, 0.3) is 5.91 Å². The molecule has 2 aromatic rings. The third-order valence-electron chi connectivity index (χ3n) is 3.54. The van der Waals surface area contributed by atoms with Crippen molar-refractivity contribution in [3.05, 3.63) is 64.1 Å². The molecule has 0 unspecified atom stereocenters. The maximum absolute atomic E-state index is 12.0. The summed E-state index contributed by atoms with van der Waals surface area (Å²) >= 11 is 3.37. The van der Waals surface area contributed by atoms with Crippen molar-refractivity contribution in [2.75, 3.05) is 6.61 Å². The van der Waals surface area contributed by atoms with Gasteiger partial charge in [-0.15, -0.1) is 0 Å². The van der Waals surface area contributed by atoms with E-state index < -0.39 is 5.97 Å². The van der Waals surface area contributed by atoms with Crippen LogP contribution in [0.2, 0.25) is 0 Å². The summed E-state index contributed by atoms with van der Waals surface area (Å²) in [5.41, 5.74) is 1.34. The van der Waals surface area contributed by atoms with Gasteiger partial charge in [0.05, 0.1) is 17.7 Å². The molecule has 0 aliphatic heterocycles. The molecule has 0 saturated heterocycles. The maximum atomic E-state index is 12.0. The topological polar surface area (TPSA) is 64.6 Å². The fourth-order valence-electron chi connectivity index (χ4n) is 2.27. The number of amides is 1. The Kier molecular flexibility index (Phi) is 7.21. The van der Waals surface area contributed by atoms with E-state index in [9.17, 15) is 9.59 Å². The van der Waals surface area contributed by atoms with Crippen molar-refractivity contribution in [3.63, 3.8) is 0 Å². The Labute approximate surface area is 161 Å². The third-order valence-corrected chi connectivity index (χ3v) is 4.07. The van der Waals surface area contributed by atoms with Gasteiger partial charge in [-0.25, -0.2) is 4.79 Å². The largest absolute Gasteiger partial charge is 0.491 e. The molecule has 26 heavy (non-hydrogen) atoms. The van der Waals surface area contributed by atoms with Crippen LogP contribution in [0, 0.1) is 0 Å². The van der Waals surface area contributed by atoms with Crippen LogP contribution in [0.25, 0.3) is 0 Å². The highest BCUT2D eigenvalue weighted by Crippen LogP contribution is 2.17. The van der Waals surface area contributed by atoms with E-state index in [1.54, 1.807) is 24.3 Å². The van der Waals surface area contributed by atoms with E-state index in [1.807, 2.05) is 45.0 Å². The molecule has 6 heteroatoms. The Morgan fingerprint density at radius 2 is 1.62 bits per heavy atom. The fourth-order valence-corrected chi connectivity index (χ4v) is 2.54. The Morgan fingerprint density at radius 1 is 1.00 bits per heavy atom. The van der Waals surface area contributed by atoms with Crippen LogP contribution in [0.5, 0.6) is 5.75 Å². The predicted octanol–water partition coefficient (Wildman–Crippen LogP) is 4.27. The van der Waals surface area contributed by atoms with Gasteiger partial charge in [0.1, 0.15) is 5.75 Å². The van der Waals surface area contributed by atoms with Crippen LogP contribution >= 0.6 is 15.9 Å². The molecule has 0 aromatic heterocycles. The van der Waals surface area contributed by atoms with Gasteiger partial charge in [0.2, 0.25) is 0 Å². The standard InChI is InChI=1S/C20H22BrNO4/c1-13(2)26-18-10-6-16(7-11-18)20(24)25-12-19(23)22-14(3)15-4-8-17(21)9-5-15/h4-11,13-14H,12H2,1-3H3,(H,22,23)/t14-/m0/s1. The quantitative estimate of drug-likeness (QED) is 0.680. The SMILES string of the molecule is CC(C)Oc1ccc(C(=O)OCC(=O)N[C@@H](C)c2ccc(Br)cc2)cc1. The highest BCUT2D eigenvalue weighted by atomic mass is 79.9. The molecule has 1 atom stereocenters. The van der Waals surface area contributed by atoms with E-state index in [0.717, 1.165) is 10.0 Å². The zero-order valence-electron chi connectivity index (χ0n) is 15.0. The molecular formula is C20H22BrNO4. The van der Waals surface area contributed by atoms with Crippen LogP contribution in [0.1, 0.15) is 42.7 Å². The van der Waals surface area contributed by atoms with E-state index in [-0.39, 0.29) is 24.7 Å². The monoisotopic (exact) mass is 419 g/mol. The van der Waals surface area contributed by atoms with E-state index in [4.69, 9.17) is 9.47 Å². The Balaban J connectivity index is 1.82. The minimum absolute atomic E-state index is 0.0595. The summed E-state index contributed by atoms with van der Waals surface area (Å²) in [6, 6.07) is 14.1. The number of ether oxygens (including phenoxy) is 2. The summed E-state index contributed by atoms with van der Waals surface area (Å²) in [6.45, 7) is 5.40. The van der Waals surface area contributed by atoms with Crippen molar-refractivity contribution in [1.29, 1.82) is 0 Å². The lowest BCUT2D eigenvalue weighted by molar-refractivity contribution is -0.124. The molecule has 0 radical (unpaired) electrons. The van der Waals surface area contributed by atoms with Gasteiger partial charge in [-0.05, 0) is 62.7 Å². The molecule has 138 valence electrons. The van der Waals surface area contributed by atoms with Crippen molar-refractivity contribution in [1.82, 2.24) is 5.32 Å². The lowest BCUT2D eigenvalue weighted by Gasteiger charge is -2.14. The number of benzene rings is 2. The number of halogens is 1. The second kappa shape index (κ2) is 9.38. The molecule has 0 fully saturated rings. The molecule has 0 aliphatic carbocycles. The van der Waals surface area contributed by atoms with Crippen LogP contribution < -0.4 is 10.1 Å². The van der Waals surface area contributed by atoms with Crippen molar-refractivity contribution in [2.45, 2.75) is 32.9 Å². The Bertz CT molecular complexity index is 741. The first kappa shape index (κ1) is 20.0. The average Bonchev–Trinajstić information content (AvgIpc) is 2.60. The summed E-state index contributed by atoms with van der Waals surface area (Å²) < 4.78 is 11.6. The maximum Gasteiger partial charge on any atom is 0.338 e. The third kappa shape index (κ3) is 6.19. The summed E-state index contributed by atoms with van der Waals surface area (Å²) in [5, 5.41) is 2.80. The summed E-state index contributed by atoms with van der Waals surface area (Å²) in [7, 11) is 0. The van der Waals surface area contributed by atoms with E-state index in [1.165, 1.54) is 0 Å². The van der Waals surface area contributed by atoms with Crippen LogP contribution in [0.4, 0.5) is 0 Å². The number of hydrogen-bond acceptors (Lipinski definition) is 4. The molecule has 0 spiro atoms. The molecule has 5 nitrogen and oxygen atoms in total. The van der Waals surface area contributed by atoms with Gasteiger partial charge in [0, 0.05) is 4.47 Å². The smallest absolute Gasteiger partial charge is 0.338 e. The molecule has 1 amide bonds. The highest BCUT2D eigenvalue weighted by molar-refractivity contribution is 9.10. The first-order valence-electron chi connectivity index (χ1n) is 8.34. The highest BCUT2D eigenvalue weighted by Gasteiger charge is 2.13. The first-order chi connectivity index (χ1) is 12.3. The molecule has 0 bridgehead atoms. The Hall–Kier alpha value is -2.34. The predicted molar refractivity (Wildman–Crippen MR) is 103 cm³/mol. The zero-order valence-corrected chi connectivity index (χ0v) is 16.6. The van der Waals surface area contributed by atoms with Crippen LogP contribution in [0.3, 0.4) is 0 Å². The van der Waals surface area contributed by atoms with Crippen molar-refractivity contribution in [2.24, 2.45) is 0 Å². The second-order valence-corrected chi connectivity index (χ2v) is 7.02. The first-order valence-corrected chi connectivity index (χ1v) is 9.13. The van der Waals surface area contributed by atoms with Crippen molar-refractivity contribution >= 4 is 27.8 Å². The van der Waals surface area contributed by atoms with E-state index in [0.29, 0.717) is 11.3 Å². The summed E-state index contributed by atoms with van der Waals surface area (Å²) in [5.74, 6) is -0.223. The van der Waals surface area contributed by atoms with Crippen LogP contribution in [0.15, 0.2) is 53.0 Å². The summed E-state index contributed by atoms with van der Waals surface area (Å²) in [6.07, 6.45) is 0.0595. The van der Waals surface area contributed by atoms with Gasteiger partial charge in [-0.3, -0.25) is 4.79 Å². The second-order valence-electron chi connectivity index (χ2n) is 6.11. The normalized spacial score (nSPS) is 11.7. The fraction of sp³-hybridized carbons (Fsp3) is 0.300. The Morgan fingerprint density at radius 3 is 2.19 bits per heavy atom. The van der Waals surface area contributed by atoms with Crippen LogP contribution in [-0.2, 0) is 9.53 Å².